The van der Waals surface area contributed by atoms with Crippen LogP contribution in [0.15, 0.2) is 10.8 Å². The molecule has 0 aromatic carbocycles. The SMILES string of the molecule is O=C=C1C=NNN1CO. The molecule has 9 heavy (non-hydrogen) atoms. The van der Waals surface area contributed by atoms with Crippen molar-refractivity contribution in [2.45, 2.75) is 0 Å². The molecule has 0 fully saturated rings. The van der Waals surface area contributed by atoms with Crippen LogP contribution in [0.25, 0.3) is 0 Å². The van der Waals surface area contributed by atoms with Gasteiger partial charge in [0.2, 0.25) is 0 Å². The predicted molar refractivity (Wildman–Crippen MR) is 29.8 cm³/mol. The second-order valence-electron chi connectivity index (χ2n) is 1.41. The van der Waals surface area contributed by atoms with Crippen molar-refractivity contribution >= 4 is 12.2 Å². The quantitative estimate of drug-likeness (QED) is 0.419. The van der Waals surface area contributed by atoms with E-state index in [9.17, 15) is 4.79 Å². The Morgan fingerprint density at radius 3 is 3.22 bits per heavy atom. The molecule has 0 aliphatic carbocycles. The smallest absolute Gasteiger partial charge is 0.165 e. The van der Waals surface area contributed by atoms with Crippen molar-refractivity contribution in [1.82, 2.24) is 10.5 Å². The van der Waals surface area contributed by atoms with Crippen molar-refractivity contribution in [3.8, 4) is 0 Å². The number of nitrogens with one attached hydrogen (secondary N) is 1. The van der Waals surface area contributed by atoms with E-state index in [-0.39, 0.29) is 12.4 Å². The topological polar surface area (TPSA) is 64.9 Å². The van der Waals surface area contributed by atoms with Gasteiger partial charge in [0.05, 0.1) is 6.21 Å². The first-order chi connectivity index (χ1) is 4.38. The van der Waals surface area contributed by atoms with Gasteiger partial charge in [-0.3, -0.25) is 0 Å². The third kappa shape index (κ3) is 0.910. The summed E-state index contributed by atoms with van der Waals surface area (Å²) in [6, 6.07) is 0. The summed E-state index contributed by atoms with van der Waals surface area (Å²) in [6.45, 7) is -0.287. The van der Waals surface area contributed by atoms with Crippen LogP contribution in [0, 0.1) is 0 Å². The predicted octanol–water partition coefficient (Wildman–Crippen LogP) is -1.54. The Balaban J connectivity index is 2.72. The van der Waals surface area contributed by atoms with Gasteiger partial charge >= 0.3 is 0 Å². The largest absolute Gasteiger partial charge is 0.374 e. The van der Waals surface area contributed by atoms with Crippen LogP contribution in [0.5, 0.6) is 0 Å². The van der Waals surface area contributed by atoms with Gasteiger partial charge < -0.3 is 5.11 Å². The molecule has 0 saturated carbocycles. The maximum absolute atomic E-state index is 9.93. The molecular formula is C4H5N3O2. The van der Waals surface area contributed by atoms with Crippen LogP contribution in [0.2, 0.25) is 0 Å². The lowest BCUT2D eigenvalue weighted by molar-refractivity contribution is 0.112. The fourth-order valence-electron chi connectivity index (χ4n) is 0.473. The highest BCUT2D eigenvalue weighted by molar-refractivity contribution is 5.89. The highest BCUT2D eigenvalue weighted by atomic mass is 16.3. The van der Waals surface area contributed by atoms with Crippen molar-refractivity contribution in [2.75, 3.05) is 6.73 Å². The lowest BCUT2D eigenvalue weighted by Crippen LogP contribution is -2.29. The van der Waals surface area contributed by atoms with E-state index in [0.717, 1.165) is 5.01 Å². The summed E-state index contributed by atoms with van der Waals surface area (Å²) in [5.74, 6) is 1.59. The zero-order chi connectivity index (χ0) is 6.69. The molecule has 5 nitrogen and oxygen atoms in total. The van der Waals surface area contributed by atoms with Crippen molar-refractivity contribution < 1.29 is 9.90 Å². The van der Waals surface area contributed by atoms with Gasteiger partial charge in [0, 0.05) is 0 Å². The summed E-state index contributed by atoms with van der Waals surface area (Å²) in [6.07, 6.45) is 1.28. The number of aliphatic hydroxyl groups excluding tert-OH is 1. The Morgan fingerprint density at radius 1 is 2.00 bits per heavy atom. The fraction of sp³-hybridized carbons (Fsp3) is 0.250. The average Bonchev–Trinajstić information content (AvgIpc) is 2.33. The van der Waals surface area contributed by atoms with Gasteiger partial charge in [-0.25, -0.2) is 15.3 Å². The molecule has 0 bridgehead atoms. The number of hydrazone groups is 1. The van der Waals surface area contributed by atoms with Gasteiger partial charge in [0.25, 0.3) is 0 Å². The van der Waals surface area contributed by atoms with Crippen molar-refractivity contribution in [3.05, 3.63) is 5.70 Å². The number of allylic oxidation sites excluding steroid dienone is 1. The molecule has 0 spiro atoms. The number of carbonyl (C=O) groups excluding carboxylic acids is 1. The first kappa shape index (κ1) is 5.81. The van der Waals surface area contributed by atoms with Gasteiger partial charge in [0.1, 0.15) is 6.73 Å². The normalized spacial score (nSPS) is 15.7. The van der Waals surface area contributed by atoms with E-state index in [2.05, 4.69) is 10.6 Å². The number of hydrogen-bond donors (Lipinski definition) is 2. The number of hydrazine groups is 1. The molecule has 0 atom stereocenters. The molecule has 0 aromatic rings. The Morgan fingerprint density at radius 2 is 2.78 bits per heavy atom. The standard InChI is InChI=1S/C4H5N3O2/c8-2-4-1-5-6-7(4)3-9/h1,6,9H,3H2. The van der Waals surface area contributed by atoms with E-state index in [0.29, 0.717) is 0 Å². The van der Waals surface area contributed by atoms with Crippen molar-refractivity contribution in [3.63, 3.8) is 0 Å². The van der Waals surface area contributed by atoms with E-state index in [1.54, 1.807) is 5.94 Å². The van der Waals surface area contributed by atoms with Crippen LogP contribution in [-0.2, 0) is 4.79 Å². The van der Waals surface area contributed by atoms with Gasteiger partial charge in [-0.2, -0.15) is 5.10 Å². The van der Waals surface area contributed by atoms with Crippen LogP contribution in [-0.4, -0.2) is 29.0 Å². The number of hydrogen-bond acceptors (Lipinski definition) is 5. The Labute approximate surface area is 51.2 Å². The van der Waals surface area contributed by atoms with E-state index < -0.39 is 0 Å². The summed E-state index contributed by atoms with van der Waals surface area (Å²) >= 11 is 0. The third-order valence-electron chi connectivity index (χ3n) is 0.902. The second-order valence-corrected chi connectivity index (χ2v) is 1.41. The van der Waals surface area contributed by atoms with Gasteiger partial charge in [0.15, 0.2) is 11.6 Å². The Bertz CT molecular complexity index is 182. The average molecular weight is 127 g/mol. The van der Waals surface area contributed by atoms with Crippen molar-refractivity contribution in [2.24, 2.45) is 5.10 Å². The van der Waals surface area contributed by atoms with Gasteiger partial charge in [-0.15, -0.1) is 0 Å². The van der Waals surface area contributed by atoms with E-state index in [1.165, 1.54) is 6.21 Å². The van der Waals surface area contributed by atoms with Gasteiger partial charge in [-0.05, 0) is 0 Å². The molecule has 0 radical (unpaired) electrons. The van der Waals surface area contributed by atoms with Crippen LogP contribution >= 0.6 is 0 Å². The first-order valence-electron chi connectivity index (χ1n) is 2.30. The highest BCUT2D eigenvalue weighted by Gasteiger charge is 2.10. The summed E-state index contributed by atoms with van der Waals surface area (Å²) in [5.41, 5.74) is 2.57. The second kappa shape index (κ2) is 2.30. The molecular weight excluding hydrogens is 122 g/mol. The Hall–Kier alpha value is -1.32. The van der Waals surface area contributed by atoms with Crippen LogP contribution in [0.3, 0.4) is 0 Å². The van der Waals surface area contributed by atoms with E-state index >= 15 is 0 Å². The molecule has 0 saturated heterocycles. The molecule has 1 aliphatic rings. The van der Waals surface area contributed by atoms with E-state index in [4.69, 9.17) is 5.11 Å². The zero-order valence-electron chi connectivity index (χ0n) is 4.53. The number of nitrogens with zero attached hydrogens (tertiary/aromatic N) is 2. The minimum Gasteiger partial charge on any atom is -0.374 e. The molecule has 0 unspecified atom stereocenters. The summed E-state index contributed by atoms with van der Waals surface area (Å²) < 4.78 is 0. The summed E-state index contributed by atoms with van der Waals surface area (Å²) in [4.78, 5) is 9.93. The monoisotopic (exact) mass is 127 g/mol. The molecule has 1 aliphatic heterocycles. The molecule has 48 valence electrons. The maximum atomic E-state index is 9.93. The molecule has 1 rings (SSSR count). The number of aliphatic hydroxyl groups is 1. The molecule has 5 heteroatoms. The molecule has 1 heterocycles. The molecule has 2 N–H and O–H groups in total. The van der Waals surface area contributed by atoms with Gasteiger partial charge in [-0.1, -0.05) is 0 Å². The number of rotatable bonds is 1. The lowest BCUT2D eigenvalue weighted by Gasteiger charge is -2.10. The fourth-order valence-corrected chi connectivity index (χ4v) is 0.473. The maximum Gasteiger partial charge on any atom is 0.165 e. The molecule has 0 aromatic heterocycles. The highest BCUT2D eigenvalue weighted by Crippen LogP contribution is 1.96. The molecule has 0 amide bonds. The van der Waals surface area contributed by atoms with Crippen molar-refractivity contribution in [1.29, 1.82) is 0 Å². The lowest BCUT2D eigenvalue weighted by atomic mass is 10.5. The minimum atomic E-state index is -0.287. The van der Waals surface area contributed by atoms with E-state index in [1.807, 2.05) is 0 Å². The first-order valence-corrected chi connectivity index (χ1v) is 2.30. The van der Waals surface area contributed by atoms with Crippen LogP contribution in [0.1, 0.15) is 0 Å². The zero-order valence-corrected chi connectivity index (χ0v) is 4.53. The third-order valence-corrected chi connectivity index (χ3v) is 0.902. The van der Waals surface area contributed by atoms with Crippen LogP contribution in [0.4, 0.5) is 0 Å². The summed E-state index contributed by atoms with van der Waals surface area (Å²) in [5, 5.41) is 13.1. The minimum absolute atomic E-state index is 0.206. The Kier molecular flexibility index (Phi) is 1.48. The summed E-state index contributed by atoms with van der Waals surface area (Å²) in [7, 11) is 0. The van der Waals surface area contributed by atoms with Crippen LogP contribution < -0.4 is 5.53 Å².